The van der Waals surface area contributed by atoms with E-state index in [1.807, 2.05) is 0 Å². The van der Waals surface area contributed by atoms with Gasteiger partial charge in [0.2, 0.25) is 0 Å². The van der Waals surface area contributed by atoms with Gasteiger partial charge in [0, 0.05) is 12.2 Å². The number of hydrogen-bond donors (Lipinski definition) is 0. The minimum Gasteiger partial charge on any atom is -0.445 e. The summed E-state index contributed by atoms with van der Waals surface area (Å²) in [4.78, 5) is 0. The monoisotopic (exact) mass is 242 g/mol. The van der Waals surface area contributed by atoms with Crippen molar-refractivity contribution in [2.24, 2.45) is 0 Å². The third kappa shape index (κ3) is 4.44. The van der Waals surface area contributed by atoms with Gasteiger partial charge in [0.05, 0.1) is 5.69 Å². The Hall–Kier alpha value is 0.441. The van der Waals surface area contributed by atoms with Crippen molar-refractivity contribution in [1.29, 1.82) is 0 Å². The second-order valence-corrected chi connectivity index (χ2v) is 3.32. The molecule has 15 heavy (non-hydrogen) atoms. The largest absolute Gasteiger partial charge is 1.00 e. The van der Waals surface area contributed by atoms with Crippen LogP contribution in [0.1, 0.15) is 11.4 Å². The Morgan fingerprint density at radius 2 is 2.00 bits per heavy atom. The molecule has 0 aliphatic rings. The smallest absolute Gasteiger partial charge is 0.445 e. The SMILES string of the molecule is C=C(Cn1nc(C)cc1C)[B-](F)(F)F.[K+]. The van der Waals surface area contributed by atoms with E-state index in [0.717, 1.165) is 0 Å². The van der Waals surface area contributed by atoms with E-state index in [4.69, 9.17) is 0 Å². The Labute approximate surface area is 129 Å². The zero-order valence-electron chi connectivity index (χ0n) is 9.10. The van der Waals surface area contributed by atoms with E-state index >= 15 is 0 Å². The number of aromatic nitrogens is 2. The minimum atomic E-state index is -4.96. The summed E-state index contributed by atoms with van der Waals surface area (Å²) >= 11 is 0. The number of hydrogen-bond acceptors (Lipinski definition) is 1. The predicted molar refractivity (Wildman–Crippen MR) is 49.9 cm³/mol. The van der Waals surface area contributed by atoms with Crippen LogP contribution in [0.2, 0.25) is 0 Å². The molecular formula is C8H11BF3KN2. The third-order valence-electron chi connectivity index (χ3n) is 1.92. The van der Waals surface area contributed by atoms with E-state index in [-0.39, 0.29) is 57.9 Å². The Bertz CT molecular complexity index is 359. The van der Waals surface area contributed by atoms with Gasteiger partial charge in [-0.3, -0.25) is 4.68 Å². The van der Waals surface area contributed by atoms with Gasteiger partial charge < -0.3 is 12.9 Å². The van der Waals surface area contributed by atoms with Crippen molar-refractivity contribution in [2.75, 3.05) is 0 Å². The molecule has 0 unspecified atom stereocenters. The standard InChI is InChI=1S/C8H11BF3N2.K/c1-6(9(10,11)12)5-14-8(3)4-7(2)13-14;/h4H,1,5H2,2-3H3;/q-1;+1. The van der Waals surface area contributed by atoms with Gasteiger partial charge in [-0.25, -0.2) is 0 Å². The summed E-state index contributed by atoms with van der Waals surface area (Å²) in [5.74, 6) is 0. The zero-order chi connectivity index (χ0) is 10.9. The summed E-state index contributed by atoms with van der Waals surface area (Å²) in [6.07, 6.45) is 0. The second kappa shape index (κ2) is 5.68. The van der Waals surface area contributed by atoms with Crippen LogP contribution in [-0.4, -0.2) is 16.8 Å². The molecule has 2 nitrogen and oxygen atoms in total. The normalized spacial score (nSPS) is 11.0. The first-order valence-electron chi connectivity index (χ1n) is 4.19. The maximum Gasteiger partial charge on any atom is 1.00 e. The minimum absolute atomic E-state index is 0. The van der Waals surface area contributed by atoms with Gasteiger partial charge in [0.15, 0.2) is 0 Å². The molecule has 0 saturated carbocycles. The second-order valence-electron chi connectivity index (χ2n) is 3.32. The maximum absolute atomic E-state index is 12.2. The molecular weight excluding hydrogens is 231 g/mol. The van der Waals surface area contributed by atoms with Crippen LogP contribution >= 0.6 is 0 Å². The molecule has 0 aliphatic carbocycles. The number of aryl methyl sites for hydroxylation is 2. The molecule has 1 aromatic heterocycles. The number of allylic oxidation sites excluding steroid dienone is 1. The van der Waals surface area contributed by atoms with Gasteiger partial charge in [0.1, 0.15) is 0 Å². The first kappa shape index (κ1) is 15.4. The average Bonchev–Trinajstić information content (AvgIpc) is 2.28. The van der Waals surface area contributed by atoms with Gasteiger partial charge in [-0.15, -0.1) is 12.1 Å². The fourth-order valence-electron chi connectivity index (χ4n) is 1.13. The van der Waals surface area contributed by atoms with E-state index in [1.54, 1.807) is 19.9 Å². The van der Waals surface area contributed by atoms with Crippen LogP contribution in [0.3, 0.4) is 0 Å². The predicted octanol–water partition coefficient (Wildman–Crippen LogP) is -0.553. The summed E-state index contributed by atoms with van der Waals surface area (Å²) < 4.78 is 37.9. The van der Waals surface area contributed by atoms with Crippen LogP contribution in [0.25, 0.3) is 0 Å². The first-order valence-corrected chi connectivity index (χ1v) is 4.19. The molecule has 0 radical (unpaired) electrons. The first-order chi connectivity index (χ1) is 6.30. The van der Waals surface area contributed by atoms with Crippen molar-refractivity contribution in [3.8, 4) is 0 Å². The summed E-state index contributed by atoms with van der Waals surface area (Å²) in [6.45, 7) is 1.24. The van der Waals surface area contributed by atoms with Crippen LogP contribution in [0.5, 0.6) is 0 Å². The molecule has 7 heteroatoms. The third-order valence-corrected chi connectivity index (χ3v) is 1.92. The molecule has 0 bridgehead atoms. The summed E-state index contributed by atoms with van der Waals surface area (Å²) in [7, 11) is 0. The van der Waals surface area contributed by atoms with E-state index in [0.29, 0.717) is 11.4 Å². The van der Waals surface area contributed by atoms with Crippen LogP contribution in [0.4, 0.5) is 12.9 Å². The molecule has 1 heterocycles. The van der Waals surface area contributed by atoms with Crippen molar-refractivity contribution in [3.05, 3.63) is 29.5 Å². The Balaban J connectivity index is 0.00000196. The van der Waals surface area contributed by atoms with Gasteiger partial charge in [-0.2, -0.15) is 5.10 Å². The maximum atomic E-state index is 12.2. The van der Waals surface area contributed by atoms with Crippen LogP contribution in [0, 0.1) is 13.8 Å². The van der Waals surface area contributed by atoms with Gasteiger partial charge >= 0.3 is 58.4 Å². The van der Waals surface area contributed by atoms with Crippen molar-refractivity contribution in [3.63, 3.8) is 0 Å². The van der Waals surface area contributed by atoms with Gasteiger partial charge in [-0.05, 0) is 19.9 Å². The molecule has 0 aromatic carbocycles. The summed E-state index contributed by atoms with van der Waals surface area (Å²) in [5, 5.41) is 3.93. The van der Waals surface area contributed by atoms with Gasteiger partial charge in [0.25, 0.3) is 0 Å². The molecule has 0 aliphatic heterocycles. The average molecular weight is 242 g/mol. The number of nitrogens with zero attached hydrogens (tertiary/aromatic N) is 2. The molecule has 0 atom stereocenters. The van der Waals surface area contributed by atoms with Crippen molar-refractivity contribution < 1.29 is 64.3 Å². The molecule has 1 aromatic rings. The van der Waals surface area contributed by atoms with Crippen LogP contribution in [-0.2, 0) is 6.54 Å². The van der Waals surface area contributed by atoms with Crippen LogP contribution in [0.15, 0.2) is 18.1 Å². The summed E-state index contributed by atoms with van der Waals surface area (Å²) in [6, 6.07) is 1.73. The van der Waals surface area contributed by atoms with Crippen molar-refractivity contribution in [1.82, 2.24) is 9.78 Å². The molecule has 0 amide bonds. The molecule has 0 spiro atoms. The quantitative estimate of drug-likeness (QED) is 0.650. The molecule has 0 N–H and O–H groups in total. The topological polar surface area (TPSA) is 17.8 Å². The Morgan fingerprint density at radius 1 is 1.47 bits per heavy atom. The molecule has 0 fully saturated rings. The Morgan fingerprint density at radius 3 is 2.33 bits per heavy atom. The summed E-state index contributed by atoms with van der Waals surface area (Å²) in [5.41, 5.74) is 0.699. The fourth-order valence-corrected chi connectivity index (χ4v) is 1.13. The van der Waals surface area contributed by atoms with Crippen molar-refractivity contribution in [2.45, 2.75) is 20.4 Å². The number of halogens is 3. The van der Waals surface area contributed by atoms with E-state index in [2.05, 4.69) is 11.7 Å². The van der Waals surface area contributed by atoms with Crippen LogP contribution < -0.4 is 51.4 Å². The fraction of sp³-hybridized carbons (Fsp3) is 0.375. The molecule has 1 rings (SSSR count). The molecule has 0 saturated heterocycles. The van der Waals surface area contributed by atoms with Gasteiger partial charge in [-0.1, -0.05) is 0 Å². The zero-order valence-corrected chi connectivity index (χ0v) is 12.2. The van der Waals surface area contributed by atoms with E-state index in [1.165, 1.54) is 4.68 Å². The van der Waals surface area contributed by atoms with Crippen molar-refractivity contribution >= 4 is 6.98 Å². The molecule has 78 valence electrons. The number of rotatable bonds is 3. The van der Waals surface area contributed by atoms with E-state index < -0.39 is 12.4 Å². The Kier molecular flexibility index (Phi) is 5.84. The van der Waals surface area contributed by atoms with E-state index in [9.17, 15) is 12.9 Å².